The molecule has 0 aliphatic rings. The number of benzene rings is 1. The Bertz CT molecular complexity index is 498. The molecule has 0 fully saturated rings. The minimum absolute atomic E-state index is 0.132. The summed E-state index contributed by atoms with van der Waals surface area (Å²) >= 11 is 5.16. The monoisotopic (exact) mass is 313 g/mol. The Kier molecular flexibility index (Phi) is 4.31. The molecule has 1 N–H and O–H groups in total. The average Bonchev–Trinajstić information content (AvgIpc) is 2.75. The Morgan fingerprint density at radius 3 is 2.71 bits per heavy atom. The first kappa shape index (κ1) is 12.7. The van der Waals surface area contributed by atoms with E-state index in [1.807, 2.05) is 24.6 Å². The highest BCUT2D eigenvalue weighted by atomic mass is 79.9. The van der Waals surface area contributed by atoms with Gasteiger partial charge in [0.05, 0.1) is 0 Å². The zero-order chi connectivity index (χ0) is 12.3. The zero-order valence-electron chi connectivity index (χ0n) is 9.41. The second-order valence-electron chi connectivity index (χ2n) is 3.81. The van der Waals surface area contributed by atoms with Gasteiger partial charge in [-0.1, -0.05) is 18.2 Å². The standard InChI is InChI=1S/C13H13BrFNS/c1-16-13(10-7-17-8-11(10)14)6-9-4-2-3-5-12(9)15/h2-5,7-8,13,16H,6H2,1H3. The van der Waals surface area contributed by atoms with E-state index in [2.05, 4.69) is 26.6 Å². The number of rotatable bonds is 4. The maximum Gasteiger partial charge on any atom is 0.126 e. The Balaban J connectivity index is 2.22. The summed E-state index contributed by atoms with van der Waals surface area (Å²) < 4.78 is 14.7. The van der Waals surface area contributed by atoms with Gasteiger partial charge in [0.2, 0.25) is 0 Å². The molecule has 1 aromatic heterocycles. The molecule has 0 radical (unpaired) electrons. The smallest absolute Gasteiger partial charge is 0.126 e. The maximum atomic E-state index is 13.6. The molecular formula is C13H13BrFNS. The van der Waals surface area contributed by atoms with Gasteiger partial charge in [0.25, 0.3) is 0 Å². The summed E-state index contributed by atoms with van der Waals surface area (Å²) in [6.07, 6.45) is 0.651. The number of hydrogen-bond acceptors (Lipinski definition) is 2. The van der Waals surface area contributed by atoms with Crippen LogP contribution in [0.15, 0.2) is 39.5 Å². The van der Waals surface area contributed by atoms with Crippen molar-refractivity contribution in [3.05, 3.63) is 56.4 Å². The molecule has 0 amide bonds. The van der Waals surface area contributed by atoms with Crippen LogP contribution in [0.3, 0.4) is 0 Å². The van der Waals surface area contributed by atoms with Gasteiger partial charge >= 0.3 is 0 Å². The van der Waals surface area contributed by atoms with E-state index in [0.29, 0.717) is 6.42 Å². The summed E-state index contributed by atoms with van der Waals surface area (Å²) in [6, 6.07) is 7.05. The van der Waals surface area contributed by atoms with Gasteiger partial charge in [0.15, 0.2) is 0 Å². The number of nitrogens with one attached hydrogen (secondary N) is 1. The van der Waals surface area contributed by atoms with E-state index in [1.54, 1.807) is 17.4 Å². The number of hydrogen-bond donors (Lipinski definition) is 1. The minimum Gasteiger partial charge on any atom is -0.313 e. The van der Waals surface area contributed by atoms with Crippen LogP contribution in [0.1, 0.15) is 17.2 Å². The first-order valence-corrected chi connectivity index (χ1v) is 7.08. The molecule has 90 valence electrons. The molecule has 1 heterocycles. The van der Waals surface area contributed by atoms with E-state index in [0.717, 1.165) is 10.0 Å². The summed E-state index contributed by atoms with van der Waals surface area (Å²) in [6.45, 7) is 0. The fourth-order valence-corrected chi connectivity index (χ4v) is 3.42. The van der Waals surface area contributed by atoms with Crippen LogP contribution in [0, 0.1) is 5.82 Å². The summed E-state index contributed by atoms with van der Waals surface area (Å²) in [5.74, 6) is -0.140. The molecule has 17 heavy (non-hydrogen) atoms. The molecule has 0 spiro atoms. The van der Waals surface area contributed by atoms with Gasteiger partial charge in [-0.15, -0.1) is 0 Å². The maximum absolute atomic E-state index is 13.6. The third-order valence-electron chi connectivity index (χ3n) is 2.75. The van der Waals surface area contributed by atoms with Gasteiger partial charge in [0, 0.05) is 15.9 Å². The van der Waals surface area contributed by atoms with E-state index in [4.69, 9.17) is 0 Å². The highest BCUT2D eigenvalue weighted by Gasteiger charge is 2.15. The van der Waals surface area contributed by atoms with Crippen LogP contribution in [0.2, 0.25) is 0 Å². The van der Waals surface area contributed by atoms with E-state index in [1.165, 1.54) is 11.6 Å². The SMILES string of the molecule is CNC(Cc1ccccc1F)c1cscc1Br. The van der Waals surface area contributed by atoms with Crippen molar-refractivity contribution in [2.75, 3.05) is 7.05 Å². The van der Waals surface area contributed by atoms with E-state index in [-0.39, 0.29) is 11.9 Å². The van der Waals surface area contributed by atoms with Gasteiger partial charge < -0.3 is 5.32 Å². The summed E-state index contributed by atoms with van der Waals surface area (Å²) in [7, 11) is 1.90. The van der Waals surface area contributed by atoms with E-state index in [9.17, 15) is 4.39 Å². The lowest BCUT2D eigenvalue weighted by Gasteiger charge is -2.16. The Morgan fingerprint density at radius 2 is 2.12 bits per heavy atom. The quantitative estimate of drug-likeness (QED) is 0.894. The van der Waals surface area contributed by atoms with Crippen LogP contribution in [0.25, 0.3) is 0 Å². The Hall–Kier alpha value is -0.710. The van der Waals surface area contributed by atoms with Crippen molar-refractivity contribution in [1.29, 1.82) is 0 Å². The van der Waals surface area contributed by atoms with E-state index >= 15 is 0 Å². The van der Waals surface area contributed by atoms with Crippen molar-refractivity contribution in [1.82, 2.24) is 5.32 Å². The van der Waals surface area contributed by atoms with Gasteiger partial charge in [-0.2, -0.15) is 11.3 Å². The minimum atomic E-state index is -0.140. The van der Waals surface area contributed by atoms with Crippen LogP contribution >= 0.6 is 27.3 Å². The second kappa shape index (κ2) is 5.76. The van der Waals surface area contributed by atoms with Crippen LogP contribution in [0.4, 0.5) is 4.39 Å². The molecule has 0 saturated heterocycles. The number of thiophene rings is 1. The van der Waals surface area contributed by atoms with Gasteiger partial charge in [-0.05, 0) is 52.0 Å². The lowest BCUT2D eigenvalue weighted by Crippen LogP contribution is -2.19. The lowest BCUT2D eigenvalue weighted by atomic mass is 10.0. The fraction of sp³-hybridized carbons (Fsp3) is 0.231. The first-order valence-electron chi connectivity index (χ1n) is 5.34. The van der Waals surface area contributed by atoms with Crippen molar-refractivity contribution in [2.24, 2.45) is 0 Å². The molecule has 2 rings (SSSR count). The first-order chi connectivity index (χ1) is 8.22. The van der Waals surface area contributed by atoms with Crippen molar-refractivity contribution < 1.29 is 4.39 Å². The van der Waals surface area contributed by atoms with Crippen LogP contribution in [-0.4, -0.2) is 7.05 Å². The summed E-state index contributed by atoms with van der Waals surface area (Å²) in [4.78, 5) is 0. The summed E-state index contributed by atoms with van der Waals surface area (Å²) in [5.41, 5.74) is 1.92. The van der Waals surface area contributed by atoms with Gasteiger partial charge in [-0.25, -0.2) is 4.39 Å². The van der Waals surface area contributed by atoms with Crippen LogP contribution < -0.4 is 5.32 Å². The number of likely N-dealkylation sites (N-methyl/N-ethyl adjacent to an activating group) is 1. The molecule has 0 aliphatic carbocycles. The molecule has 1 aromatic carbocycles. The molecule has 0 aliphatic heterocycles. The average molecular weight is 314 g/mol. The molecule has 4 heteroatoms. The zero-order valence-corrected chi connectivity index (χ0v) is 11.8. The molecule has 1 atom stereocenters. The van der Waals surface area contributed by atoms with Crippen molar-refractivity contribution in [3.63, 3.8) is 0 Å². The fourth-order valence-electron chi connectivity index (χ4n) is 1.79. The summed E-state index contributed by atoms with van der Waals surface area (Å²) in [5, 5.41) is 7.36. The Labute approximate surface area is 113 Å². The van der Waals surface area contributed by atoms with Crippen molar-refractivity contribution in [3.8, 4) is 0 Å². The lowest BCUT2D eigenvalue weighted by molar-refractivity contribution is 0.554. The van der Waals surface area contributed by atoms with Crippen molar-refractivity contribution in [2.45, 2.75) is 12.5 Å². The predicted octanol–water partition coefficient (Wildman–Crippen LogP) is 4.15. The van der Waals surface area contributed by atoms with Gasteiger partial charge in [-0.3, -0.25) is 0 Å². The number of halogens is 2. The predicted molar refractivity (Wildman–Crippen MR) is 73.9 cm³/mol. The molecule has 0 saturated carbocycles. The van der Waals surface area contributed by atoms with Crippen LogP contribution in [0.5, 0.6) is 0 Å². The normalized spacial score (nSPS) is 12.6. The Morgan fingerprint density at radius 1 is 1.35 bits per heavy atom. The van der Waals surface area contributed by atoms with Crippen LogP contribution in [-0.2, 0) is 6.42 Å². The highest BCUT2D eigenvalue weighted by Crippen LogP contribution is 2.29. The molecule has 1 nitrogen and oxygen atoms in total. The van der Waals surface area contributed by atoms with Crippen molar-refractivity contribution >= 4 is 27.3 Å². The second-order valence-corrected chi connectivity index (χ2v) is 5.41. The molecule has 2 aromatic rings. The van der Waals surface area contributed by atoms with Gasteiger partial charge in [0.1, 0.15) is 5.82 Å². The highest BCUT2D eigenvalue weighted by molar-refractivity contribution is 9.10. The van der Waals surface area contributed by atoms with E-state index < -0.39 is 0 Å². The molecule has 1 unspecified atom stereocenters. The topological polar surface area (TPSA) is 12.0 Å². The largest absolute Gasteiger partial charge is 0.313 e. The molecule has 0 bridgehead atoms. The molecular weight excluding hydrogens is 301 g/mol. The third kappa shape index (κ3) is 2.94. The third-order valence-corrected chi connectivity index (χ3v) is 4.50.